The minimum atomic E-state index is -1.01. The third kappa shape index (κ3) is 5.53. The van der Waals surface area contributed by atoms with E-state index in [2.05, 4.69) is 0 Å². The number of carboxylic acid groups (broad SMARTS) is 1. The van der Waals surface area contributed by atoms with Crippen molar-refractivity contribution in [3.05, 3.63) is 65.7 Å². The van der Waals surface area contributed by atoms with Crippen LogP contribution in [0.15, 0.2) is 54.6 Å². The molecule has 6 nitrogen and oxygen atoms in total. The number of nitrogens with zero attached hydrogens (tertiary/aromatic N) is 1. The Balaban J connectivity index is 1.83. The third-order valence-electron chi connectivity index (χ3n) is 3.73. The van der Waals surface area contributed by atoms with Crippen LogP contribution in [0, 0.1) is 0 Å². The Kier molecular flexibility index (Phi) is 6.39. The van der Waals surface area contributed by atoms with Gasteiger partial charge >= 0.3 is 12.1 Å². The topological polar surface area (TPSA) is 76.1 Å². The quantitative estimate of drug-likeness (QED) is 0.833. The van der Waals surface area contributed by atoms with Crippen LogP contribution >= 0.6 is 0 Å². The largest absolute Gasteiger partial charge is 0.491 e. The van der Waals surface area contributed by atoms with Crippen LogP contribution in [-0.4, -0.2) is 41.8 Å². The van der Waals surface area contributed by atoms with Gasteiger partial charge in [-0.05, 0) is 30.7 Å². The van der Waals surface area contributed by atoms with Crippen molar-refractivity contribution >= 4 is 12.1 Å². The van der Waals surface area contributed by atoms with Gasteiger partial charge in [0, 0.05) is 7.05 Å². The molecule has 25 heavy (non-hydrogen) atoms. The Morgan fingerprint density at radius 2 is 1.84 bits per heavy atom. The highest BCUT2D eigenvalue weighted by molar-refractivity contribution is 5.88. The lowest BCUT2D eigenvalue weighted by molar-refractivity contribution is 0.0696. The molecule has 0 saturated carbocycles. The lowest BCUT2D eigenvalue weighted by atomic mass is 10.2. The monoisotopic (exact) mass is 343 g/mol. The fourth-order valence-electron chi connectivity index (χ4n) is 2.05. The second-order valence-corrected chi connectivity index (χ2v) is 5.64. The molecule has 1 N–H and O–H groups in total. The smallest absolute Gasteiger partial charge is 0.410 e. The normalized spacial score (nSPS) is 11.4. The summed E-state index contributed by atoms with van der Waals surface area (Å²) in [6, 6.07) is 15.4. The number of rotatable bonds is 7. The average Bonchev–Trinajstić information content (AvgIpc) is 2.64. The molecule has 1 atom stereocenters. The van der Waals surface area contributed by atoms with Gasteiger partial charge in [0.1, 0.15) is 19.0 Å². The Hall–Kier alpha value is -3.02. The van der Waals surface area contributed by atoms with Crippen LogP contribution in [0.3, 0.4) is 0 Å². The number of hydrogen-bond donors (Lipinski definition) is 1. The van der Waals surface area contributed by atoms with Crippen molar-refractivity contribution in [2.24, 2.45) is 0 Å². The number of carbonyl (C=O) groups excluding carboxylic acids is 1. The highest BCUT2D eigenvalue weighted by Gasteiger charge is 2.18. The highest BCUT2D eigenvalue weighted by Crippen LogP contribution is 2.14. The number of benzene rings is 2. The van der Waals surface area contributed by atoms with Crippen molar-refractivity contribution in [2.45, 2.75) is 19.6 Å². The zero-order valence-corrected chi connectivity index (χ0v) is 14.2. The number of hydrogen-bond acceptors (Lipinski definition) is 4. The van der Waals surface area contributed by atoms with Gasteiger partial charge < -0.3 is 19.5 Å². The zero-order chi connectivity index (χ0) is 18.2. The molecule has 2 rings (SSSR count). The maximum atomic E-state index is 12.1. The predicted octanol–water partition coefficient (Wildman–Crippen LogP) is 3.42. The molecule has 0 aliphatic carbocycles. The first-order valence-corrected chi connectivity index (χ1v) is 7.87. The van der Waals surface area contributed by atoms with Crippen LogP contribution in [-0.2, 0) is 11.3 Å². The van der Waals surface area contributed by atoms with Gasteiger partial charge in [-0.2, -0.15) is 0 Å². The van der Waals surface area contributed by atoms with Gasteiger partial charge in [0.15, 0.2) is 0 Å². The van der Waals surface area contributed by atoms with Crippen LogP contribution in [0.2, 0.25) is 0 Å². The van der Waals surface area contributed by atoms with Gasteiger partial charge in [0.2, 0.25) is 0 Å². The molecule has 0 radical (unpaired) electrons. The van der Waals surface area contributed by atoms with E-state index in [9.17, 15) is 9.59 Å². The van der Waals surface area contributed by atoms with E-state index in [1.54, 1.807) is 19.2 Å². The first-order chi connectivity index (χ1) is 12.0. The van der Waals surface area contributed by atoms with Gasteiger partial charge in [-0.25, -0.2) is 9.59 Å². The molecule has 0 fully saturated rings. The number of amides is 1. The fourth-order valence-corrected chi connectivity index (χ4v) is 2.05. The summed E-state index contributed by atoms with van der Waals surface area (Å²) in [5, 5.41) is 8.98. The molecule has 0 aliphatic rings. The molecule has 0 bridgehead atoms. The molecule has 132 valence electrons. The molecule has 2 aromatic rings. The highest BCUT2D eigenvalue weighted by atomic mass is 16.6. The Morgan fingerprint density at radius 1 is 1.12 bits per heavy atom. The maximum absolute atomic E-state index is 12.1. The summed E-state index contributed by atoms with van der Waals surface area (Å²) in [5.41, 5.74) is 1.07. The second kappa shape index (κ2) is 8.73. The van der Waals surface area contributed by atoms with Crippen LogP contribution in [0.4, 0.5) is 4.79 Å². The maximum Gasteiger partial charge on any atom is 0.410 e. The minimum Gasteiger partial charge on any atom is -0.491 e. The van der Waals surface area contributed by atoms with E-state index in [0.29, 0.717) is 5.75 Å². The van der Waals surface area contributed by atoms with E-state index >= 15 is 0 Å². The minimum absolute atomic E-state index is 0.153. The van der Waals surface area contributed by atoms with E-state index in [0.717, 1.165) is 5.56 Å². The Morgan fingerprint density at radius 3 is 2.52 bits per heavy atom. The standard InChI is InChI=1S/C19H21NO5/c1-14(12-24-17-10-6-9-16(11-17)18(21)22)20(2)19(23)25-13-15-7-4-3-5-8-15/h3-11,14H,12-13H2,1-2H3,(H,21,22). The van der Waals surface area contributed by atoms with E-state index in [1.807, 2.05) is 37.3 Å². The predicted molar refractivity (Wildman–Crippen MR) is 92.7 cm³/mol. The summed E-state index contributed by atoms with van der Waals surface area (Å²) in [4.78, 5) is 24.5. The summed E-state index contributed by atoms with van der Waals surface area (Å²) in [7, 11) is 1.63. The molecule has 0 spiro atoms. The first kappa shape index (κ1) is 18.3. The summed E-state index contributed by atoms with van der Waals surface area (Å²) >= 11 is 0. The van der Waals surface area contributed by atoms with E-state index in [4.69, 9.17) is 14.6 Å². The van der Waals surface area contributed by atoms with Gasteiger partial charge in [0.05, 0.1) is 11.6 Å². The Bertz CT molecular complexity index is 717. The summed E-state index contributed by atoms with van der Waals surface area (Å²) in [6.07, 6.45) is -0.445. The van der Waals surface area contributed by atoms with Crippen LogP contribution in [0.25, 0.3) is 0 Å². The zero-order valence-electron chi connectivity index (χ0n) is 14.2. The molecule has 0 saturated heterocycles. The van der Waals surface area contributed by atoms with Gasteiger partial charge in [-0.15, -0.1) is 0 Å². The second-order valence-electron chi connectivity index (χ2n) is 5.64. The first-order valence-electron chi connectivity index (χ1n) is 7.87. The molecule has 1 unspecified atom stereocenters. The molecular weight excluding hydrogens is 322 g/mol. The van der Waals surface area contributed by atoms with E-state index < -0.39 is 12.1 Å². The summed E-state index contributed by atoms with van der Waals surface area (Å²) < 4.78 is 10.8. The fraction of sp³-hybridized carbons (Fsp3) is 0.263. The molecule has 1 amide bonds. The van der Waals surface area contributed by atoms with E-state index in [1.165, 1.54) is 17.0 Å². The number of aromatic carboxylic acids is 1. The molecular formula is C19H21NO5. The van der Waals surface area contributed by atoms with Gasteiger partial charge in [-0.1, -0.05) is 36.4 Å². The van der Waals surface area contributed by atoms with Crippen molar-refractivity contribution < 1.29 is 24.2 Å². The van der Waals surface area contributed by atoms with Crippen LogP contribution < -0.4 is 4.74 Å². The lowest BCUT2D eigenvalue weighted by Gasteiger charge is -2.24. The van der Waals surface area contributed by atoms with Crippen molar-refractivity contribution in [3.63, 3.8) is 0 Å². The number of carboxylic acids is 1. The van der Waals surface area contributed by atoms with Crippen molar-refractivity contribution in [1.82, 2.24) is 4.90 Å². The number of carbonyl (C=O) groups is 2. The molecule has 6 heteroatoms. The van der Waals surface area contributed by atoms with Crippen molar-refractivity contribution in [2.75, 3.05) is 13.7 Å². The van der Waals surface area contributed by atoms with Gasteiger partial charge in [0.25, 0.3) is 0 Å². The molecule has 0 aliphatic heterocycles. The van der Waals surface area contributed by atoms with Crippen molar-refractivity contribution in [3.8, 4) is 5.75 Å². The summed E-state index contributed by atoms with van der Waals surface area (Å²) in [5.74, 6) is -0.571. The number of ether oxygens (including phenoxy) is 2. The number of likely N-dealkylation sites (N-methyl/N-ethyl adjacent to an activating group) is 1. The van der Waals surface area contributed by atoms with Gasteiger partial charge in [-0.3, -0.25) is 0 Å². The van der Waals surface area contributed by atoms with Crippen LogP contribution in [0.1, 0.15) is 22.8 Å². The molecule has 0 heterocycles. The molecule has 2 aromatic carbocycles. The Labute approximate surface area is 146 Å². The third-order valence-corrected chi connectivity index (χ3v) is 3.73. The molecule has 0 aromatic heterocycles. The SMILES string of the molecule is CC(COc1cccc(C(=O)O)c1)N(C)C(=O)OCc1ccccc1. The average molecular weight is 343 g/mol. The van der Waals surface area contributed by atoms with Crippen LogP contribution in [0.5, 0.6) is 5.75 Å². The lowest BCUT2D eigenvalue weighted by Crippen LogP contribution is -2.39. The summed E-state index contributed by atoms with van der Waals surface area (Å²) in [6.45, 7) is 2.25. The van der Waals surface area contributed by atoms with Crippen molar-refractivity contribution in [1.29, 1.82) is 0 Å². The van der Waals surface area contributed by atoms with E-state index in [-0.39, 0.29) is 24.8 Å².